The van der Waals surface area contributed by atoms with E-state index in [0.717, 1.165) is 0 Å². The van der Waals surface area contributed by atoms with Crippen LogP contribution in [0, 0.1) is 0 Å². The molecular formula is C2H5NO2Ti. The molecule has 1 rings (SSSR count). The van der Waals surface area contributed by atoms with Crippen LogP contribution in [-0.4, -0.2) is 13.1 Å². The van der Waals surface area contributed by atoms with E-state index in [1.807, 2.05) is 0 Å². The first-order valence-corrected chi connectivity index (χ1v) is 1.21. The first kappa shape index (κ1) is 16.0. The van der Waals surface area contributed by atoms with E-state index in [2.05, 4.69) is 5.32 Å². The zero-order valence-corrected chi connectivity index (χ0v) is 4.79. The largest absolute Gasteiger partial charge is 4.00 e. The first-order chi connectivity index (χ1) is 1.50. The van der Waals surface area contributed by atoms with Crippen LogP contribution in [-0.2, 0) is 32.7 Å². The molecule has 0 aromatic carbocycles. The number of nitrogens with one attached hydrogen (secondary N) is 1. The summed E-state index contributed by atoms with van der Waals surface area (Å²) in [4.78, 5) is 0. The summed E-state index contributed by atoms with van der Waals surface area (Å²) in [5.74, 6) is 0. The minimum atomic E-state index is 0. The Balaban J connectivity index is -0.0000000300. The zero-order valence-electron chi connectivity index (χ0n) is 3.23. The first-order valence-electron chi connectivity index (χ1n) is 1.21. The Morgan fingerprint density at radius 3 is 1.17 bits per heavy atom. The second-order valence-electron chi connectivity index (χ2n) is 0.750. The maximum absolute atomic E-state index is 3.00. The molecule has 0 aromatic rings. The van der Waals surface area contributed by atoms with Crippen molar-refractivity contribution in [3.63, 3.8) is 0 Å². The molecule has 4 heteroatoms. The molecule has 0 saturated carbocycles. The summed E-state index contributed by atoms with van der Waals surface area (Å²) in [5.41, 5.74) is 0. The zero-order chi connectivity index (χ0) is 2.12. The van der Waals surface area contributed by atoms with E-state index in [0.29, 0.717) is 0 Å². The molecule has 1 aliphatic rings. The predicted octanol–water partition coefficient (Wildman–Crippen LogP) is -0.651. The average molecular weight is 123 g/mol. The van der Waals surface area contributed by atoms with Crippen molar-refractivity contribution in [2.45, 2.75) is 0 Å². The van der Waals surface area contributed by atoms with Crippen LogP contribution >= 0.6 is 0 Å². The summed E-state index contributed by atoms with van der Waals surface area (Å²) in [6, 6.07) is 0. The fraction of sp³-hybridized carbons (Fsp3) is 1.00. The molecule has 1 saturated heterocycles. The molecule has 1 aliphatic heterocycles. The number of hydrogen-bond donors (Lipinski definition) is 1. The van der Waals surface area contributed by atoms with Gasteiger partial charge in [0.05, 0.1) is 0 Å². The second-order valence-corrected chi connectivity index (χ2v) is 0.750. The van der Waals surface area contributed by atoms with Crippen molar-refractivity contribution >= 4 is 0 Å². The Bertz CT molecular complexity index is 16.3. The monoisotopic (exact) mass is 123 g/mol. The van der Waals surface area contributed by atoms with Gasteiger partial charge < -0.3 is 16.3 Å². The molecule has 0 atom stereocenters. The standard InChI is InChI=1S/C2H5N.2O.Ti/c1-2-3-1;;;/h3H,1-2H2;;;/q;2*-2;+4. The molecule has 0 radical (unpaired) electrons. The Morgan fingerprint density at radius 1 is 1.00 bits per heavy atom. The average Bonchev–Trinajstić information content (AvgIpc) is 1.46. The van der Waals surface area contributed by atoms with Gasteiger partial charge in [-0.2, -0.15) is 0 Å². The van der Waals surface area contributed by atoms with Crippen LogP contribution in [0.1, 0.15) is 0 Å². The molecular weight excluding hydrogens is 118 g/mol. The van der Waals surface area contributed by atoms with E-state index < -0.39 is 0 Å². The van der Waals surface area contributed by atoms with Crippen molar-refractivity contribution in [2.75, 3.05) is 13.1 Å². The van der Waals surface area contributed by atoms with Crippen LogP contribution in [0.3, 0.4) is 0 Å². The Morgan fingerprint density at radius 2 is 1.17 bits per heavy atom. The number of rotatable bonds is 0. The van der Waals surface area contributed by atoms with Gasteiger partial charge in [0.2, 0.25) is 0 Å². The van der Waals surface area contributed by atoms with Crippen LogP contribution in [0.25, 0.3) is 0 Å². The van der Waals surface area contributed by atoms with Crippen molar-refractivity contribution in [3.8, 4) is 0 Å². The van der Waals surface area contributed by atoms with Gasteiger partial charge in [0.15, 0.2) is 0 Å². The minimum Gasteiger partial charge on any atom is -2.00 e. The summed E-state index contributed by atoms with van der Waals surface area (Å²) >= 11 is 0. The summed E-state index contributed by atoms with van der Waals surface area (Å²) in [6.45, 7) is 2.50. The summed E-state index contributed by atoms with van der Waals surface area (Å²) in [5, 5.41) is 3.00. The SMILES string of the molecule is C1CN1.[O-2].[O-2].[Ti+4]. The van der Waals surface area contributed by atoms with E-state index in [4.69, 9.17) is 0 Å². The molecule has 34 valence electrons. The molecule has 1 fully saturated rings. The summed E-state index contributed by atoms with van der Waals surface area (Å²) in [6.07, 6.45) is 0. The van der Waals surface area contributed by atoms with Crippen LogP contribution in [0.5, 0.6) is 0 Å². The molecule has 0 spiro atoms. The van der Waals surface area contributed by atoms with Gasteiger partial charge in [-0.15, -0.1) is 0 Å². The van der Waals surface area contributed by atoms with Gasteiger partial charge in [-0.05, 0) is 0 Å². The van der Waals surface area contributed by atoms with Gasteiger partial charge in [0.25, 0.3) is 0 Å². The van der Waals surface area contributed by atoms with E-state index in [1.54, 1.807) is 0 Å². The van der Waals surface area contributed by atoms with E-state index in [-0.39, 0.29) is 32.7 Å². The summed E-state index contributed by atoms with van der Waals surface area (Å²) in [7, 11) is 0. The third-order valence-electron chi connectivity index (χ3n) is 0.250. The molecule has 1 N–H and O–H groups in total. The Hall–Kier alpha value is 0.594. The fourth-order valence-corrected chi connectivity index (χ4v) is 0. The van der Waals surface area contributed by atoms with Gasteiger partial charge in [0.1, 0.15) is 0 Å². The van der Waals surface area contributed by atoms with Gasteiger partial charge in [0, 0.05) is 13.1 Å². The van der Waals surface area contributed by atoms with Crippen molar-refractivity contribution in [3.05, 3.63) is 0 Å². The normalized spacial score (nSPS) is 12.0. The van der Waals surface area contributed by atoms with E-state index >= 15 is 0 Å². The molecule has 6 heavy (non-hydrogen) atoms. The van der Waals surface area contributed by atoms with E-state index in [1.165, 1.54) is 13.1 Å². The van der Waals surface area contributed by atoms with Gasteiger partial charge in [-0.1, -0.05) is 0 Å². The predicted molar refractivity (Wildman–Crippen MR) is 14.2 cm³/mol. The summed E-state index contributed by atoms with van der Waals surface area (Å²) < 4.78 is 0. The Kier molecular flexibility index (Phi) is 24.3. The molecule has 0 aliphatic carbocycles. The third-order valence-corrected chi connectivity index (χ3v) is 0.250. The van der Waals surface area contributed by atoms with Crippen molar-refractivity contribution in [2.24, 2.45) is 0 Å². The van der Waals surface area contributed by atoms with Gasteiger partial charge in [-0.25, -0.2) is 0 Å². The van der Waals surface area contributed by atoms with Crippen LogP contribution in [0.2, 0.25) is 0 Å². The second kappa shape index (κ2) is 9.14. The maximum atomic E-state index is 3.00. The quantitative estimate of drug-likeness (QED) is 0.337. The van der Waals surface area contributed by atoms with Crippen molar-refractivity contribution in [1.29, 1.82) is 0 Å². The van der Waals surface area contributed by atoms with Crippen molar-refractivity contribution in [1.82, 2.24) is 5.32 Å². The van der Waals surface area contributed by atoms with Crippen LogP contribution in [0.15, 0.2) is 0 Å². The van der Waals surface area contributed by atoms with Crippen LogP contribution in [0.4, 0.5) is 0 Å². The maximum Gasteiger partial charge on any atom is 4.00 e. The van der Waals surface area contributed by atoms with Crippen molar-refractivity contribution < 1.29 is 32.7 Å². The molecule has 1 heterocycles. The van der Waals surface area contributed by atoms with Gasteiger partial charge >= 0.3 is 21.7 Å². The van der Waals surface area contributed by atoms with E-state index in [9.17, 15) is 0 Å². The molecule has 0 aromatic heterocycles. The number of hydrogen-bond acceptors (Lipinski definition) is 1. The molecule has 0 unspecified atom stereocenters. The molecule has 0 amide bonds. The third kappa shape index (κ3) is 23.4. The fourth-order valence-electron chi connectivity index (χ4n) is 0. The topological polar surface area (TPSA) is 78.9 Å². The molecule has 3 nitrogen and oxygen atoms in total. The molecule has 0 bridgehead atoms. The van der Waals surface area contributed by atoms with Gasteiger partial charge in [-0.3, -0.25) is 0 Å². The smallest absolute Gasteiger partial charge is 2.00 e. The minimum absolute atomic E-state index is 0. The Labute approximate surface area is 51.6 Å². The van der Waals surface area contributed by atoms with Crippen LogP contribution < -0.4 is 5.32 Å².